The number of nitrogens with one attached hydrogen (secondary N) is 1. The molecule has 0 aromatic heterocycles. The topological polar surface area (TPSA) is 68.9 Å². The molecule has 0 aliphatic carbocycles. The molecule has 3 rings (SSSR count). The Morgan fingerprint density at radius 3 is 2.33 bits per heavy atom. The Hall–Kier alpha value is -3.21. The van der Waals surface area contributed by atoms with Crippen molar-refractivity contribution in [2.24, 2.45) is 10.7 Å². The summed E-state index contributed by atoms with van der Waals surface area (Å²) in [5.41, 5.74) is 7.98. The fraction of sp³-hybridized carbons (Fsp3) is 0.227. The van der Waals surface area contributed by atoms with Gasteiger partial charge in [-0.25, -0.2) is 4.99 Å². The van der Waals surface area contributed by atoms with Crippen LogP contribution in [0.5, 0.6) is 11.5 Å². The van der Waals surface area contributed by atoms with Gasteiger partial charge in [0.25, 0.3) is 0 Å². The van der Waals surface area contributed by atoms with E-state index in [1.54, 1.807) is 7.11 Å². The molecule has 5 nitrogen and oxygen atoms in total. The maximum Gasteiger partial charge on any atom is 0.193 e. The lowest BCUT2D eigenvalue weighted by Crippen LogP contribution is -2.22. The molecule has 0 saturated heterocycles. The highest BCUT2D eigenvalue weighted by atomic mass is 16.5. The van der Waals surface area contributed by atoms with Crippen molar-refractivity contribution < 1.29 is 9.47 Å². The summed E-state index contributed by atoms with van der Waals surface area (Å²) in [6.07, 6.45) is 0.151. The zero-order valence-electron chi connectivity index (χ0n) is 15.9. The standard InChI is InChI=1S/C22H25N3O2/c1-15(2)27-20-10-7-19(8-11-20)25-22(23)24-14-16-4-5-18-13-21(26-3)9-6-17(18)12-16/h4-13,15H,14H2,1-3H3,(H3,23,24,25). The molecule has 0 atom stereocenters. The van der Waals surface area contributed by atoms with Crippen molar-refractivity contribution in [2.75, 3.05) is 12.4 Å². The van der Waals surface area contributed by atoms with Gasteiger partial charge in [0.2, 0.25) is 0 Å². The second kappa shape index (κ2) is 8.45. The monoisotopic (exact) mass is 363 g/mol. The molecule has 0 radical (unpaired) electrons. The molecule has 0 aliphatic heterocycles. The average Bonchev–Trinajstić information content (AvgIpc) is 2.67. The van der Waals surface area contributed by atoms with E-state index >= 15 is 0 Å². The Morgan fingerprint density at radius 1 is 0.963 bits per heavy atom. The molecule has 0 spiro atoms. The largest absolute Gasteiger partial charge is 0.497 e. The molecule has 0 unspecified atom stereocenters. The molecule has 0 amide bonds. The van der Waals surface area contributed by atoms with Gasteiger partial charge in [-0.15, -0.1) is 0 Å². The van der Waals surface area contributed by atoms with E-state index in [9.17, 15) is 0 Å². The maximum atomic E-state index is 6.01. The molecule has 5 heteroatoms. The molecule has 3 N–H and O–H groups in total. The Morgan fingerprint density at radius 2 is 1.63 bits per heavy atom. The number of nitrogens with two attached hydrogens (primary N) is 1. The van der Waals surface area contributed by atoms with Gasteiger partial charge >= 0.3 is 0 Å². The summed E-state index contributed by atoms with van der Waals surface area (Å²) in [4.78, 5) is 4.43. The third-order valence-corrected chi connectivity index (χ3v) is 4.04. The van der Waals surface area contributed by atoms with Crippen LogP contribution in [0.4, 0.5) is 5.69 Å². The molecular weight excluding hydrogens is 338 g/mol. The minimum absolute atomic E-state index is 0.151. The maximum absolute atomic E-state index is 6.01. The lowest BCUT2D eigenvalue weighted by Gasteiger charge is -2.11. The Labute approximate surface area is 159 Å². The van der Waals surface area contributed by atoms with E-state index in [0.29, 0.717) is 12.5 Å². The predicted molar refractivity (Wildman–Crippen MR) is 112 cm³/mol. The number of benzene rings is 3. The number of aliphatic imine (C=N–C) groups is 1. The third kappa shape index (κ3) is 5.14. The van der Waals surface area contributed by atoms with Crippen molar-refractivity contribution in [3.8, 4) is 11.5 Å². The average molecular weight is 363 g/mol. The highest BCUT2D eigenvalue weighted by Gasteiger charge is 2.01. The van der Waals surface area contributed by atoms with Gasteiger partial charge in [-0.2, -0.15) is 0 Å². The lowest BCUT2D eigenvalue weighted by atomic mass is 10.1. The van der Waals surface area contributed by atoms with E-state index in [4.69, 9.17) is 15.2 Å². The van der Waals surface area contributed by atoms with E-state index in [0.717, 1.165) is 33.5 Å². The molecule has 3 aromatic carbocycles. The summed E-state index contributed by atoms with van der Waals surface area (Å²) < 4.78 is 10.9. The van der Waals surface area contributed by atoms with Gasteiger partial charge < -0.3 is 20.5 Å². The highest BCUT2D eigenvalue weighted by Crippen LogP contribution is 2.22. The highest BCUT2D eigenvalue weighted by molar-refractivity contribution is 5.92. The fourth-order valence-electron chi connectivity index (χ4n) is 2.75. The molecule has 27 heavy (non-hydrogen) atoms. The smallest absolute Gasteiger partial charge is 0.193 e. The Kier molecular flexibility index (Phi) is 5.81. The van der Waals surface area contributed by atoms with Crippen LogP contribution >= 0.6 is 0 Å². The third-order valence-electron chi connectivity index (χ3n) is 4.04. The predicted octanol–water partition coefficient (Wildman–Crippen LogP) is 4.56. The van der Waals surface area contributed by atoms with Crippen LogP contribution < -0.4 is 20.5 Å². The molecular formula is C22H25N3O2. The molecule has 0 fully saturated rings. The van der Waals surface area contributed by atoms with E-state index in [2.05, 4.69) is 28.5 Å². The molecule has 0 heterocycles. The summed E-state index contributed by atoms with van der Waals surface area (Å²) >= 11 is 0. The number of nitrogens with zero attached hydrogens (tertiary/aromatic N) is 1. The fourth-order valence-corrected chi connectivity index (χ4v) is 2.75. The number of ether oxygens (including phenoxy) is 2. The molecule has 0 bridgehead atoms. The first-order chi connectivity index (χ1) is 13.0. The van der Waals surface area contributed by atoms with Crippen LogP contribution in [0.25, 0.3) is 10.8 Å². The zero-order valence-corrected chi connectivity index (χ0v) is 15.9. The van der Waals surface area contributed by atoms with Crippen LogP contribution in [0, 0.1) is 0 Å². The van der Waals surface area contributed by atoms with Gasteiger partial charge in [-0.1, -0.05) is 18.2 Å². The van der Waals surface area contributed by atoms with E-state index in [-0.39, 0.29) is 6.10 Å². The van der Waals surface area contributed by atoms with E-state index in [1.165, 1.54) is 0 Å². The number of hydrogen-bond acceptors (Lipinski definition) is 3. The zero-order chi connectivity index (χ0) is 19.2. The molecule has 140 valence electrons. The first kappa shape index (κ1) is 18.6. The van der Waals surface area contributed by atoms with E-state index in [1.807, 2.05) is 56.3 Å². The van der Waals surface area contributed by atoms with Crippen molar-refractivity contribution in [1.82, 2.24) is 0 Å². The summed E-state index contributed by atoms with van der Waals surface area (Å²) in [7, 11) is 1.67. The van der Waals surface area contributed by atoms with Gasteiger partial charge in [0.05, 0.1) is 19.8 Å². The van der Waals surface area contributed by atoms with Gasteiger partial charge in [-0.05, 0) is 72.6 Å². The first-order valence-electron chi connectivity index (χ1n) is 8.94. The molecule has 0 aliphatic rings. The van der Waals surface area contributed by atoms with Crippen LogP contribution in [0.2, 0.25) is 0 Å². The summed E-state index contributed by atoms with van der Waals surface area (Å²) in [5.74, 6) is 2.06. The summed E-state index contributed by atoms with van der Waals surface area (Å²) in [6, 6.07) is 19.9. The molecule has 3 aromatic rings. The van der Waals surface area contributed by atoms with Gasteiger partial charge in [0, 0.05) is 5.69 Å². The van der Waals surface area contributed by atoms with E-state index < -0.39 is 0 Å². The normalized spacial score (nSPS) is 11.6. The van der Waals surface area contributed by atoms with Crippen LogP contribution in [0.15, 0.2) is 65.7 Å². The first-order valence-corrected chi connectivity index (χ1v) is 8.94. The van der Waals surface area contributed by atoms with Crippen LogP contribution in [0.3, 0.4) is 0 Å². The lowest BCUT2D eigenvalue weighted by molar-refractivity contribution is 0.242. The summed E-state index contributed by atoms with van der Waals surface area (Å²) in [5, 5.41) is 5.39. The quantitative estimate of drug-likeness (QED) is 0.497. The van der Waals surface area contributed by atoms with Crippen molar-refractivity contribution in [1.29, 1.82) is 0 Å². The van der Waals surface area contributed by atoms with Crippen LogP contribution in [-0.4, -0.2) is 19.2 Å². The number of fused-ring (bicyclic) bond motifs is 1. The van der Waals surface area contributed by atoms with Crippen molar-refractivity contribution in [3.05, 3.63) is 66.2 Å². The minimum Gasteiger partial charge on any atom is -0.497 e. The van der Waals surface area contributed by atoms with Crippen LogP contribution in [0.1, 0.15) is 19.4 Å². The SMILES string of the molecule is COc1ccc2cc(CN=C(N)Nc3ccc(OC(C)C)cc3)ccc2c1. The molecule has 0 saturated carbocycles. The number of anilines is 1. The van der Waals surface area contributed by atoms with Gasteiger partial charge in [-0.3, -0.25) is 0 Å². The number of methoxy groups -OCH3 is 1. The number of rotatable bonds is 6. The van der Waals surface area contributed by atoms with Crippen molar-refractivity contribution >= 4 is 22.4 Å². The second-order valence-electron chi connectivity index (χ2n) is 6.56. The Balaban J connectivity index is 1.63. The van der Waals surface area contributed by atoms with Crippen LogP contribution in [-0.2, 0) is 6.54 Å². The van der Waals surface area contributed by atoms with Crippen molar-refractivity contribution in [3.63, 3.8) is 0 Å². The minimum atomic E-state index is 0.151. The van der Waals surface area contributed by atoms with Gasteiger partial charge in [0.15, 0.2) is 5.96 Å². The number of guanidine groups is 1. The summed E-state index contributed by atoms with van der Waals surface area (Å²) in [6.45, 7) is 4.51. The number of hydrogen-bond donors (Lipinski definition) is 2. The Bertz CT molecular complexity index is 934. The van der Waals surface area contributed by atoms with Gasteiger partial charge in [0.1, 0.15) is 11.5 Å². The van der Waals surface area contributed by atoms with Crippen molar-refractivity contribution in [2.45, 2.75) is 26.5 Å². The second-order valence-corrected chi connectivity index (χ2v) is 6.56.